The van der Waals surface area contributed by atoms with E-state index in [0.29, 0.717) is 6.42 Å². The number of nitrogens with zero attached hydrogens (tertiary/aromatic N) is 3. The zero-order chi connectivity index (χ0) is 21.5. The van der Waals surface area contributed by atoms with Gasteiger partial charge in [0.2, 0.25) is 5.91 Å². The highest BCUT2D eigenvalue weighted by Gasteiger charge is 2.11. The van der Waals surface area contributed by atoms with Crippen LogP contribution in [-0.2, 0) is 16.0 Å². The van der Waals surface area contributed by atoms with Gasteiger partial charge in [-0.15, -0.1) is 0 Å². The number of morpholine rings is 1. The maximum Gasteiger partial charge on any atom is 0.247 e. The van der Waals surface area contributed by atoms with Gasteiger partial charge in [-0.2, -0.15) is 0 Å². The van der Waals surface area contributed by atoms with Crippen LogP contribution in [0.2, 0.25) is 0 Å². The number of anilines is 2. The molecule has 1 fully saturated rings. The van der Waals surface area contributed by atoms with Crippen LogP contribution < -0.4 is 10.2 Å². The average Bonchev–Trinajstić information content (AvgIpc) is 2.80. The largest absolute Gasteiger partial charge is 0.378 e. The van der Waals surface area contributed by atoms with E-state index < -0.39 is 0 Å². The standard InChI is InChI=1S/C24H24N4O2S/c1-2-23(29)26-19-4-3-5-21(17-19)31-24-10-11-25-22(27-24)16-18-6-8-20(9-7-18)28-12-14-30-15-13-28/h2-11,17H,1,12-16H2,(H,26,29). The number of rotatable bonds is 7. The van der Waals surface area contributed by atoms with Crippen molar-refractivity contribution >= 4 is 29.0 Å². The molecular weight excluding hydrogens is 408 g/mol. The lowest BCUT2D eigenvalue weighted by atomic mass is 10.1. The maximum atomic E-state index is 11.5. The Hall–Kier alpha value is -3.16. The van der Waals surface area contributed by atoms with E-state index in [1.807, 2.05) is 30.3 Å². The summed E-state index contributed by atoms with van der Waals surface area (Å²) in [7, 11) is 0. The molecule has 3 aromatic rings. The quantitative estimate of drug-likeness (QED) is 0.446. The monoisotopic (exact) mass is 432 g/mol. The lowest BCUT2D eigenvalue weighted by Gasteiger charge is -2.28. The van der Waals surface area contributed by atoms with E-state index in [4.69, 9.17) is 9.72 Å². The average molecular weight is 433 g/mol. The van der Waals surface area contributed by atoms with Gasteiger partial charge in [0, 0.05) is 42.0 Å². The zero-order valence-electron chi connectivity index (χ0n) is 17.2. The molecule has 1 amide bonds. The Morgan fingerprint density at radius 3 is 2.74 bits per heavy atom. The summed E-state index contributed by atoms with van der Waals surface area (Å²) in [5.41, 5.74) is 3.12. The highest BCUT2D eigenvalue weighted by molar-refractivity contribution is 7.99. The number of amides is 1. The summed E-state index contributed by atoms with van der Waals surface area (Å²) < 4.78 is 5.42. The molecule has 2 aromatic carbocycles. The lowest BCUT2D eigenvalue weighted by molar-refractivity contribution is -0.111. The summed E-state index contributed by atoms with van der Waals surface area (Å²) in [6.45, 7) is 6.90. The van der Waals surface area contributed by atoms with Gasteiger partial charge in [0.05, 0.1) is 13.2 Å². The van der Waals surface area contributed by atoms with Crippen molar-refractivity contribution in [3.05, 3.63) is 84.8 Å². The van der Waals surface area contributed by atoms with Crippen molar-refractivity contribution in [2.45, 2.75) is 16.3 Å². The van der Waals surface area contributed by atoms with Crippen molar-refractivity contribution in [1.82, 2.24) is 9.97 Å². The van der Waals surface area contributed by atoms with Gasteiger partial charge < -0.3 is 15.0 Å². The summed E-state index contributed by atoms with van der Waals surface area (Å²) in [4.78, 5) is 24.0. The zero-order valence-corrected chi connectivity index (χ0v) is 18.0. The minimum atomic E-state index is -0.230. The van der Waals surface area contributed by atoms with Gasteiger partial charge >= 0.3 is 0 Å². The Labute approximate surface area is 186 Å². The first-order chi connectivity index (χ1) is 15.2. The van der Waals surface area contributed by atoms with Crippen LogP contribution in [0.1, 0.15) is 11.4 Å². The first-order valence-electron chi connectivity index (χ1n) is 10.1. The van der Waals surface area contributed by atoms with Crippen molar-refractivity contribution in [2.24, 2.45) is 0 Å². The molecule has 6 nitrogen and oxygen atoms in total. The Bertz CT molecular complexity index is 1050. The molecule has 0 bridgehead atoms. The van der Waals surface area contributed by atoms with Crippen LogP contribution in [0.4, 0.5) is 11.4 Å². The van der Waals surface area contributed by atoms with Crippen LogP contribution in [0, 0.1) is 0 Å². The topological polar surface area (TPSA) is 67.4 Å². The van der Waals surface area contributed by atoms with Gasteiger partial charge in [-0.3, -0.25) is 4.79 Å². The smallest absolute Gasteiger partial charge is 0.247 e. The summed E-state index contributed by atoms with van der Waals surface area (Å²) in [6.07, 6.45) is 3.72. The molecule has 1 N–H and O–H groups in total. The Morgan fingerprint density at radius 2 is 1.97 bits per heavy atom. The molecule has 7 heteroatoms. The maximum absolute atomic E-state index is 11.5. The second kappa shape index (κ2) is 10.2. The Morgan fingerprint density at radius 1 is 1.16 bits per heavy atom. The third-order valence-electron chi connectivity index (χ3n) is 4.86. The molecule has 0 atom stereocenters. The summed E-state index contributed by atoms with van der Waals surface area (Å²) >= 11 is 1.54. The molecule has 1 saturated heterocycles. The van der Waals surface area contributed by atoms with Gasteiger partial charge in [0.15, 0.2) is 0 Å². The molecule has 0 saturated carbocycles. The van der Waals surface area contributed by atoms with Crippen LogP contribution in [0.3, 0.4) is 0 Å². The predicted octanol–water partition coefficient (Wildman–Crippen LogP) is 4.18. The van der Waals surface area contributed by atoms with Crippen LogP contribution in [0.25, 0.3) is 0 Å². The van der Waals surface area contributed by atoms with Gasteiger partial charge in [-0.25, -0.2) is 9.97 Å². The van der Waals surface area contributed by atoms with Crippen LogP contribution in [0.5, 0.6) is 0 Å². The highest BCUT2D eigenvalue weighted by atomic mass is 32.2. The van der Waals surface area contributed by atoms with Crippen molar-refractivity contribution in [3.63, 3.8) is 0 Å². The number of benzene rings is 2. The molecule has 31 heavy (non-hydrogen) atoms. The van der Waals surface area contributed by atoms with Crippen molar-refractivity contribution in [1.29, 1.82) is 0 Å². The molecule has 1 aliphatic heterocycles. The van der Waals surface area contributed by atoms with E-state index in [1.165, 1.54) is 29.1 Å². The van der Waals surface area contributed by atoms with Crippen molar-refractivity contribution in [2.75, 3.05) is 36.5 Å². The molecule has 0 aliphatic carbocycles. The van der Waals surface area contributed by atoms with Crippen LogP contribution >= 0.6 is 11.8 Å². The summed E-state index contributed by atoms with van der Waals surface area (Å²) in [5, 5.41) is 3.64. The van der Waals surface area contributed by atoms with Crippen molar-refractivity contribution in [3.8, 4) is 0 Å². The molecule has 1 aliphatic rings. The second-order valence-corrected chi connectivity index (χ2v) is 8.17. The van der Waals surface area contributed by atoms with Gasteiger partial charge in [0.1, 0.15) is 10.9 Å². The van der Waals surface area contributed by atoms with Crippen LogP contribution in [-0.4, -0.2) is 42.2 Å². The lowest BCUT2D eigenvalue weighted by Crippen LogP contribution is -2.36. The first kappa shape index (κ1) is 21.1. The number of hydrogen-bond acceptors (Lipinski definition) is 6. The van der Waals surface area contributed by atoms with E-state index in [2.05, 4.69) is 46.0 Å². The molecular formula is C24H24N4O2S. The molecule has 0 radical (unpaired) electrons. The second-order valence-electron chi connectivity index (χ2n) is 7.08. The fourth-order valence-electron chi connectivity index (χ4n) is 3.30. The summed E-state index contributed by atoms with van der Waals surface area (Å²) in [6, 6.07) is 18.1. The molecule has 2 heterocycles. The number of nitrogens with one attached hydrogen (secondary N) is 1. The van der Waals surface area contributed by atoms with Crippen LogP contribution in [0.15, 0.2) is 83.4 Å². The fraction of sp³-hybridized carbons (Fsp3) is 0.208. The number of carbonyl (C=O) groups is 1. The van der Waals surface area contributed by atoms with Gasteiger partial charge in [0.25, 0.3) is 0 Å². The summed E-state index contributed by atoms with van der Waals surface area (Å²) in [5.74, 6) is 0.548. The third kappa shape index (κ3) is 5.93. The normalized spacial score (nSPS) is 13.6. The third-order valence-corrected chi connectivity index (χ3v) is 5.79. The van der Waals surface area contributed by atoms with Crippen molar-refractivity contribution < 1.29 is 9.53 Å². The molecule has 0 unspecified atom stereocenters. The first-order valence-corrected chi connectivity index (χ1v) is 11.0. The van der Waals surface area contributed by atoms with E-state index >= 15 is 0 Å². The van der Waals surface area contributed by atoms with E-state index in [9.17, 15) is 4.79 Å². The SMILES string of the molecule is C=CC(=O)Nc1cccc(Sc2ccnc(Cc3ccc(N4CCOCC4)cc3)n2)c1. The molecule has 4 rings (SSSR count). The minimum Gasteiger partial charge on any atom is -0.378 e. The number of hydrogen-bond donors (Lipinski definition) is 1. The fourth-order valence-corrected chi connectivity index (χ4v) is 4.16. The van der Waals surface area contributed by atoms with E-state index in [-0.39, 0.29) is 5.91 Å². The van der Waals surface area contributed by atoms with E-state index in [1.54, 1.807) is 6.20 Å². The Balaban J connectivity index is 1.41. The predicted molar refractivity (Wildman–Crippen MR) is 124 cm³/mol. The van der Waals surface area contributed by atoms with Gasteiger partial charge in [-0.05, 0) is 48.0 Å². The highest BCUT2D eigenvalue weighted by Crippen LogP contribution is 2.28. The van der Waals surface area contributed by atoms with Gasteiger partial charge in [-0.1, -0.05) is 36.5 Å². The molecule has 158 valence electrons. The number of ether oxygens (including phenoxy) is 1. The molecule has 0 spiro atoms. The van der Waals surface area contributed by atoms with E-state index in [0.717, 1.165) is 47.7 Å². The minimum absolute atomic E-state index is 0.230. The number of aromatic nitrogens is 2. The Kier molecular flexibility index (Phi) is 6.96. The number of carbonyl (C=O) groups excluding carboxylic acids is 1. The molecule has 1 aromatic heterocycles.